The molecule has 2 aromatic rings. The van der Waals surface area contributed by atoms with Gasteiger partial charge in [0, 0.05) is 6.20 Å². The van der Waals surface area contributed by atoms with Gasteiger partial charge in [-0.3, -0.25) is 4.98 Å². The van der Waals surface area contributed by atoms with Gasteiger partial charge in [0.1, 0.15) is 0 Å². The summed E-state index contributed by atoms with van der Waals surface area (Å²) in [6, 6.07) is 7.45. The lowest BCUT2D eigenvalue weighted by Crippen LogP contribution is -2.06. The van der Waals surface area contributed by atoms with E-state index in [0.717, 1.165) is 16.8 Å². The second kappa shape index (κ2) is 8.68. The van der Waals surface area contributed by atoms with Crippen LogP contribution in [-0.4, -0.2) is 17.6 Å². The minimum atomic E-state index is -0.303. The molecule has 0 amide bonds. The summed E-state index contributed by atoms with van der Waals surface area (Å²) in [6.07, 6.45) is 2.49. The Morgan fingerprint density at radius 1 is 1.12 bits per heavy atom. The van der Waals surface area contributed by atoms with Crippen molar-refractivity contribution in [3.8, 4) is 0 Å². The minimum Gasteiger partial charge on any atom is -0.462 e. The SMILES string of the molecule is CCOC(=O)c1ccc(C(C)Cc2ncc(C(C)C)c(Cl)c2Cl)cc1. The molecule has 0 aliphatic rings. The lowest BCUT2D eigenvalue weighted by molar-refractivity contribution is 0.0526. The van der Waals surface area contributed by atoms with Crippen molar-refractivity contribution in [3.63, 3.8) is 0 Å². The lowest BCUT2D eigenvalue weighted by atomic mass is 9.94. The first kappa shape index (κ1) is 19.7. The van der Waals surface area contributed by atoms with E-state index in [1.807, 2.05) is 18.3 Å². The molecule has 2 rings (SSSR count). The Labute approximate surface area is 159 Å². The second-order valence-electron chi connectivity index (χ2n) is 6.39. The molecule has 0 aliphatic heterocycles. The van der Waals surface area contributed by atoms with Gasteiger partial charge in [-0.2, -0.15) is 0 Å². The van der Waals surface area contributed by atoms with Crippen LogP contribution < -0.4 is 0 Å². The molecule has 1 heterocycles. The fourth-order valence-electron chi connectivity index (χ4n) is 2.63. The summed E-state index contributed by atoms with van der Waals surface area (Å²) in [6.45, 7) is 8.38. The Bertz CT molecular complexity index is 742. The molecule has 0 saturated carbocycles. The number of ether oxygens (including phenoxy) is 1. The van der Waals surface area contributed by atoms with Crippen molar-refractivity contribution >= 4 is 29.2 Å². The zero-order valence-corrected chi connectivity index (χ0v) is 16.5. The summed E-state index contributed by atoms with van der Waals surface area (Å²) in [7, 11) is 0. The van der Waals surface area contributed by atoms with E-state index in [-0.39, 0.29) is 17.8 Å². The molecule has 134 valence electrons. The number of benzene rings is 1. The van der Waals surface area contributed by atoms with Crippen LogP contribution in [0.3, 0.4) is 0 Å². The van der Waals surface area contributed by atoms with E-state index in [2.05, 4.69) is 25.8 Å². The molecular formula is C20H23Cl2NO2. The van der Waals surface area contributed by atoms with Crippen LogP contribution in [0.15, 0.2) is 30.5 Å². The number of aromatic nitrogens is 1. The highest BCUT2D eigenvalue weighted by Crippen LogP contribution is 2.34. The largest absolute Gasteiger partial charge is 0.462 e. The highest BCUT2D eigenvalue weighted by molar-refractivity contribution is 6.42. The van der Waals surface area contributed by atoms with E-state index in [4.69, 9.17) is 27.9 Å². The molecule has 0 fully saturated rings. The normalized spacial score (nSPS) is 12.3. The highest BCUT2D eigenvalue weighted by Gasteiger charge is 2.17. The molecule has 3 nitrogen and oxygen atoms in total. The molecule has 0 radical (unpaired) electrons. The molecule has 0 N–H and O–H groups in total. The molecule has 0 saturated heterocycles. The molecule has 0 aliphatic carbocycles. The van der Waals surface area contributed by atoms with Crippen molar-refractivity contribution in [2.24, 2.45) is 0 Å². The summed E-state index contributed by atoms with van der Waals surface area (Å²) in [5.74, 6) is 0.170. The Balaban J connectivity index is 2.16. The number of halogens is 2. The molecule has 1 aromatic heterocycles. The van der Waals surface area contributed by atoms with Crippen LogP contribution in [0.1, 0.15) is 66.7 Å². The number of pyridine rings is 1. The van der Waals surface area contributed by atoms with Crippen LogP contribution in [0.5, 0.6) is 0 Å². The third kappa shape index (κ3) is 4.74. The van der Waals surface area contributed by atoms with Crippen molar-refractivity contribution in [3.05, 3.63) is 62.9 Å². The summed E-state index contributed by atoms with van der Waals surface area (Å²) in [4.78, 5) is 16.2. The smallest absolute Gasteiger partial charge is 0.338 e. The molecule has 0 spiro atoms. The number of nitrogens with zero attached hydrogens (tertiary/aromatic N) is 1. The zero-order valence-electron chi connectivity index (χ0n) is 15.0. The maximum absolute atomic E-state index is 11.7. The fourth-order valence-corrected chi connectivity index (χ4v) is 3.24. The molecule has 25 heavy (non-hydrogen) atoms. The number of hydrogen-bond acceptors (Lipinski definition) is 3. The number of hydrogen-bond donors (Lipinski definition) is 0. The molecule has 1 aromatic carbocycles. The van der Waals surface area contributed by atoms with Crippen molar-refractivity contribution in [1.29, 1.82) is 0 Å². The van der Waals surface area contributed by atoms with Crippen molar-refractivity contribution in [2.75, 3.05) is 6.61 Å². The predicted octanol–water partition coefficient (Wildman–Crippen LogP) is 6.03. The van der Waals surface area contributed by atoms with Gasteiger partial charge in [-0.15, -0.1) is 0 Å². The first-order valence-electron chi connectivity index (χ1n) is 8.45. The van der Waals surface area contributed by atoms with Crippen molar-refractivity contribution in [1.82, 2.24) is 4.98 Å². The Morgan fingerprint density at radius 2 is 1.76 bits per heavy atom. The number of esters is 1. The lowest BCUT2D eigenvalue weighted by Gasteiger charge is -2.16. The Morgan fingerprint density at radius 3 is 2.32 bits per heavy atom. The monoisotopic (exact) mass is 379 g/mol. The summed E-state index contributed by atoms with van der Waals surface area (Å²) < 4.78 is 5.00. The quantitative estimate of drug-likeness (QED) is 0.574. The van der Waals surface area contributed by atoms with Crippen LogP contribution >= 0.6 is 23.2 Å². The van der Waals surface area contributed by atoms with Crippen LogP contribution in [-0.2, 0) is 11.2 Å². The van der Waals surface area contributed by atoms with E-state index in [1.54, 1.807) is 19.1 Å². The average Bonchev–Trinajstić information content (AvgIpc) is 2.59. The molecule has 1 atom stereocenters. The Kier molecular flexibility index (Phi) is 6.86. The first-order chi connectivity index (χ1) is 11.8. The van der Waals surface area contributed by atoms with Crippen LogP contribution in [0.2, 0.25) is 10.0 Å². The number of rotatable bonds is 6. The van der Waals surface area contributed by atoms with Gasteiger partial charge in [-0.25, -0.2) is 4.79 Å². The topological polar surface area (TPSA) is 39.2 Å². The van der Waals surface area contributed by atoms with Gasteiger partial charge < -0.3 is 4.74 Å². The van der Waals surface area contributed by atoms with Crippen LogP contribution in [0.4, 0.5) is 0 Å². The third-order valence-corrected chi connectivity index (χ3v) is 5.08. The van der Waals surface area contributed by atoms with E-state index in [9.17, 15) is 4.79 Å². The van der Waals surface area contributed by atoms with Gasteiger partial charge in [-0.05, 0) is 48.4 Å². The standard InChI is InChI=1S/C20H23Cl2NO2/c1-5-25-20(24)15-8-6-14(7-9-15)13(4)10-17-19(22)18(21)16(11-23-17)12(2)3/h6-9,11-13H,5,10H2,1-4H3. The van der Waals surface area contributed by atoms with E-state index in [0.29, 0.717) is 28.6 Å². The highest BCUT2D eigenvalue weighted by atomic mass is 35.5. The summed E-state index contributed by atoms with van der Waals surface area (Å²) >= 11 is 12.8. The van der Waals surface area contributed by atoms with E-state index in [1.165, 1.54) is 0 Å². The predicted molar refractivity (Wildman–Crippen MR) is 103 cm³/mol. The minimum absolute atomic E-state index is 0.196. The molecule has 5 heteroatoms. The Hall–Kier alpha value is -1.58. The number of carbonyl (C=O) groups excluding carboxylic acids is 1. The van der Waals surface area contributed by atoms with Crippen LogP contribution in [0, 0.1) is 0 Å². The fraction of sp³-hybridized carbons (Fsp3) is 0.400. The first-order valence-corrected chi connectivity index (χ1v) is 9.20. The third-order valence-electron chi connectivity index (χ3n) is 4.17. The van der Waals surface area contributed by atoms with Gasteiger partial charge in [0.2, 0.25) is 0 Å². The number of carbonyl (C=O) groups is 1. The van der Waals surface area contributed by atoms with E-state index < -0.39 is 0 Å². The van der Waals surface area contributed by atoms with Gasteiger partial charge in [0.25, 0.3) is 0 Å². The zero-order chi connectivity index (χ0) is 18.6. The van der Waals surface area contributed by atoms with Crippen molar-refractivity contribution < 1.29 is 9.53 Å². The van der Waals surface area contributed by atoms with Gasteiger partial charge >= 0.3 is 5.97 Å². The molecule has 1 unspecified atom stereocenters. The van der Waals surface area contributed by atoms with Crippen LogP contribution in [0.25, 0.3) is 0 Å². The molecular weight excluding hydrogens is 357 g/mol. The maximum atomic E-state index is 11.7. The van der Waals surface area contributed by atoms with E-state index >= 15 is 0 Å². The van der Waals surface area contributed by atoms with Gasteiger partial charge in [0.05, 0.1) is 27.9 Å². The van der Waals surface area contributed by atoms with Gasteiger partial charge in [0.15, 0.2) is 0 Å². The summed E-state index contributed by atoms with van der Waals surface area (Å²) in [5.41, 5.74) is 3.41. The average molecular weight is 380 g/mol. The molecule has 0 bridgehead atoms. The van der Waals surface area contributed by atoms with Gasteiger partial charge in [-0.1, -0.05) is 56.1 Å². The maximum Gasteiger partial charge on any atom is 0.338 e. The second-order valence-corrected chi connectivity index (χ2v) is 7.15. The summed E-state index contributed by atoms with van der Waals surface area (Å²) in [5, 5.41) is 1.12. The van der Waals surface area contributed by atoms with Crippen molar-refractivity contribution in [2.45, 2.75) is 46.0 Å².